The average molecular weight is 304 g/mol. The summed E-state index contributed by atoms with van der Waals surface area (Å²) in [5, 5.41) is 12.1. The van der Waals surface area contributed by atoms with Crippen molar-refractivity contribution < 1.29 is 4.79 Å². The Hall–Kier alpha value is -1.69. The smallest absolute Gasteiger partial charge is 0.210 e. The van der Waals surface area contributed by atoms with Crippen LogP contribution in [0.25, 0.3) is 0 Å². The zero-order chi connectivity index (χ0) is 15.6. The van der Waals surface area contributed by atoms with Crippen LogP contribution in [0.4, 0.5) is 0 Å². The zero-order valence-corrected chi connectivity index (χ0v) is 13.8. The highest BCUT2D eigenvalue weighted by Crippen LogP contribution is 2.25. The van der Waals surface area contributed by atoms with Gasteiger partial charge in [-0.3, -0.25) is 4.79 Å². The predicted molar refractivity (Wildman–Crippen MR) is 83.8 cm³/mol. The number of nitrogens with zero attached hydrogens (tertiary/aromatic N) is 4. The average Bonchev–Trinajstić information content (AvgIpc) is 2.89. The van der Waals surface area contributed by atoms with Crippen molar-refractivity contribution in [1.82, 2.24) is 20.2 Å². The van der Waals surface area contributed by atoms with Gasteiger partial charge in [0.25, 0.3) is 0 Å². The lowest BCUT2D eigenvalue weighted by atomic mass is 10.0. The first-order chi connectivity index (χ1) is 9.90. The molecule has 0 spiro atoms. The van der Waals surface area contributed by atoms with E-state index in [2.05, 4.69) is 15.5 Å². The van der Waals surface area contributed by atoms with Gasteiger partial charge in [-0.15, -0.1) is 5.10 Å². The van der Waals surface area contributed by atoms with Crippen molar-refractivity contribution >= 4 is 17.5 Å². The number of hydrogen-bond acceptors (Lipinski definition) is 5. The fourth-order valence-corrected chi connectivity index (χ4v) is 2.93. The first-order valence-electron chi connectivity index (χ1n) is 6.96. The third-order valence-corrected chi connectivity index (χ3v) is 4.44. The van der Waals surface area contributed by atoms with Crippen molar-refractivity contribution in [2.45, 2.75) is 51.1 Å². The molecule has 0 radical (unpaired) electrons. The molecule has 2 rings (SSSR count). The normalized spacial score (nSPS) is 12.7. The van der Waals surface area contributed by atoms with Gasteiger partial charge in [0.15, 0.2) is 5.78 Å². The molecule has 1 atom stereocenters. The Morgan fingerprint density at radius 2 is 1.90 bits per heavy atom. The SMILES string of the molecule is Cc1ccc(C(=O)C(C)Sc2nnnn2C(C)C)cc1C. The van der Waals surface area contributed by atoms with Crippen molar-refractivity contribution in [3.8, 4) is 0 Å². The third-order valence-electron chi connectivity index (χ3n) is 3.39. The van der Waals surface area contributed by atoms with Gasteiger partial charge in [0.2, 0.25) is 5.16 Å². The second-order valence-corrected chi connectivity index (χ2v) is 6.73. The maximum absolute atomic E-state index is 12.5. The maximum atomic E-state index is 12.5. The molecule has 0 aliphatic carbocycles. The summed E-state index contributed by atoms with van der Waals surface area (Å²) in [6, 6.07) is 5.98. The quantitative estimate of drug-likeness (QED) is 0.627. The minimum absolute atomic E-state index is 0.0985. The second-order valence-electron chi connectivity index (χ2n) is 5.42. The lowest BCUT2D eigenvalue weighted by Gasteiger charge is -2.12. The van der Waals surface area contributed by atoms with Crippen LogP contribution in [0.5, 0.6) is 0 Å². The van der Waals surface area contributed by atoms with Crippen molar-refractivity contribution in [3.63, 3.8) is 0 Å². The molecule has 0 aliphatic heterocycles. The minimum atomic E-state index is -0.226. The number of hydrogen-bond donors (Lipinski definition) is 0. The Balaban J connectivity index is 2.15. The van der Waals surface area contributed by atoms with Crippen LogP contribution in [0.2, 0.25) is 0 Å². The summed E-state index contributed by atoms with van der Waals surface area (Å²) in [4.78, 5) is 12.5. The predicted octanol–water partition coefficient (Wildman–Crippen LogP) is 3.23. The van der Waals surface area contributed by atoms with E-state index >= 15 is 0 Å². The van der Waals surface area contributed by atoms with Crippen LogP contribution in [0.3, 0.4) is 0 Å². The van der Waals surface area contributed by atoms with Gasteiger partial charge in [-0.05, 0) is 62.2 Å². The standard InChI is InChI=1S/C15H20N4OS/c1-9(2)19-15(16-17-18-19)21-12(5)14(20)13-7-6-10(3)11(4)8-13/h6-9,12H,1-5H3. The fraction of sp³-hybridized carbons (Fsp3) is 0.467. The molecule has 1 aromatic heterocycles. The first kappa shape index (κ1) is 15.7. The van der Waals surface area contributed by atoms with E-state index in [0.717, 1.165) is 11.1 Å². The van der Waals surface area contributed by atoms with Crippen molar-refractivity contribution in [2.24, 2.45) is 0 Å². The molecule has 0 fully saturated rings. The molecule has 0 N–H and O–H groups in total. The largest absolute Gasteiger partial charge is 0.293 e. The Morgan fingerprint density at radius 1 is 1.19 bits per heavy atom. The molecule has 0 bridgehead atoms. The molecule has 0 saturated carbocycles. The molecule has 2 aromatic rings. The van der Waals surface area contributed by atoms with E-state index in [4.69, 9.17) is 0 Å². The van der Waals surface area contributed by atoms with Gasteiger partial charge in [0.05, 0.1) is 11.3 Å². The van der Waals surface area contributed by atoms with E-state index in [9.17, 15) is 4.79 Å². The summed E-state index contributed by atoms with van der Waals surface area (Å²) in [5.74, 6) is 0.0985. The minimum Gasteiger partial charge on any atom is -0.293 e. The van der Waals surface area contributed by atoms with Gasteiger partial charge in [-0.2, -0.15) is 0 Å². The van der Waals surface area contributed by atoms with Gasteiger partial charge in [-0.1, -0.05) is 23.9 Å². The topological polar surface area (TPSA) is 60.7 Å². The van der Waals surface area contributed by atoms with Gasteiger partial charge >= 0.3 is 0 Å². The molecular weight excluding hydrogens is 284 g/mol. The molecule has 0 aliphatic rings. The summed E-state index contributed by atoms with van der Waals surface area (Å²) in [6.07, 6.45) is 0. The third kappa shape index (κ3) is 3.50. The van der Waals surface area contributed by atoms with E-state index < -0.39 is 0 Å². The molecule has 0 amide bonds. The van der Waals surface area contributed by atoms with E-state index in [1.807, 2.05) is 52.8 Å². The number of aromatic nitrogens is 4. The molecule has 0 saturated heterocycles. The first-order valence-corrected chi connectivity index (χ1v) is 7.84. The highest BCUT2D eigenvalue weighted by Gasteiger charge is 2.21. The van der Waals surface area contributed by atoms with Crippen LogP contribution in [-0.2, 0) is 0 Å². The van der Waals surface area contributed by atoms with Gasteiger partial charge in [0, 0.05) is 5.56 Å². The summed E-state index contributed by atoms with van der Waals surface area (Å²) in [5.41, 5.74) is 3.06. The fourth-order valence-electron chi connectivity index (χ4n) is 1.93. The Kier molecular flexibility index (Phi) is 4.77. The summed E-state index contributed by atoms with van der Waals surface area (Å²) in [6.45, 7) is 9.97. The van der Waals surface area contributed by atoms with Crippen LogP contribution >= 0.6 is 11.8 Å². The summed E-state index contributed by atoms with van der Waals surface area (Å²) in [7, 11) is 0. The number of tetrazole rings is 1. The van der Waals surface area contributed by atoms with Crippen molar-refractivity contribution in [1.29, 1.82) is 0 Å². The van der Waals surface area contributed by atoms with Crippen LogP contribution < -0.4 is 0 Å². The molecule has 1 heterocycles. The Morgan fingerprint density at radius 3 is 2.52 bits per heavy atom. The van der Waals surface area contributed by atoms with Crippen LogP contribution in [0, 0.1) is 13.8 Å². The second kappa shape index (κ2) is 6.39. The highest BCUT2D eigenvalue weighted by molar-refractivity contribution is 8.00. The number of rotatable bonds is 5. The molecule has 1 unspecified atom stereocenters. The molecule has 1 aromatic carbocycles. The van der Waals surface area contributed by atoms with Crippen LogP contribution in [-0.4, -0.2) is 31.2 Å². The van der Waals surface area contributed by atoms with Gasteiger partial charge < -0.3 is 0 Å². The zero-order valence-electron chi connectivity index (χ0n) is 13.0. The number of thioether (sulfide) groups is 1. The number of carbonyl (C=O) groups is 1. The van der Waals surface area contributed by atoms with E-state index in [1.54, 1.807) is 4.68 Å². The monoisotopic (exact) mass is 304 g/mol. The summed E-state index contributed by atoms with van der Waals surface area (Å²) >= 11 is 1.40. The maximum Gasteiger partial charge on any atom is 0.210 e. The van der Waals surface area contributed by atoms with E-state index in [0.29, 0.717) is 5.16 Å². The Bertz CT molecular complexity index is 651. The molecule has 5 nitrogen and oxygen atoms in total. The lowest BCUT2D eigenvalue weighted by molar-refractivity contribution is 0.0993. The molecule has 112 valence electrons. The van der Waals surface area contributed by atoms with Crippen molar-refractivity contribution in [3.05, 3.63) is 34.9 Å². The Labute approximate surface area is 129 Å². The van der Waals surface area contributed by atoms with Crippen LogP contribution in [0.15, 0.2) is 23.4 Å². The molecule has 21 heavy (non-hydrogen) atoms. The number of carbonyl (C=O) groups excluding carboxylic acids is 1. The van der Waals surface area contributed by atoms with Gasteiger partial charge in [0.1, 0.15) is 0 Å². The lowest BCUT2D eigenvalue weighted by Crippen LogP contribution is -2.15. The number of benzene rings is 1. The van der Waals surface area contributed by atoms with E-state index in [-0.39, 0.29) is 17.1 Å². The number of aryl methyl sites for hydroxylation is 2. The summed E-state index contributed by atoms with van der Waals surface area (Å²) < 4.78 is 1.73. The highest BCUT2D eigenvalue weighted by atomic mass is 32.2. The van der Waals surface area contributed by atoms with Crippen molar-refractivity contribution in [2.75, 3.05) is 0 Å². The van der Waals surface area contributed by atoms with E-state index in [1.165, 1.54) is 17.3 Å². The number of Topliss-reactive ketones (excluding diaryl/α,β-unsaturated/α-hetero) is 1. The van der Waals surface area contributed by atoms with Gasteiger partial charge in [-0.25, -0.2) is 4.68 Å². The number of ketones is 1. The molecular formula is C15H20N4OS. The van der Waals surface area contributed by atoms with Crippen LogP contribution in [0.1, 0.15) is 48.3 Å². The molecule has 6 heteroatoms.